The van der Waals surface area contributed by atoms with Crippen molar-refractivity contribution in [2.75, 3.05) is 42.5 Å². The Balaban J connectivity index is 1.39. The first-order chi connectivity index (χ1) is 12.6. The van der Waals surface area contributed by atoms with Crippen LogP contribution in [-0.4, -0.2) is 54.4 Å². The first kappa shape index (κ1) is 17.0. The van der Waals surface area contributed by atoms with Crippen LogP contribution in [0, 0.1) is 11.7 Å². The van der Waals surface area contributed by atoms with E-state index in [-0.39, 0.29) is 30.5 Å². The second-order valence-electron chi connectivity index (χ2n) is 6.48. The zero-order valence-electron chi connectivity index (χ0n) is 14.2. The highest BCUT2D eigenvalue weighted by atomic mass is 32.1. The SMILES string of the molecule is O=C(C1CC(=O)N(c2ccccc2F)C1)N1CCN(c2nccs2)CC1. The molecule has 1 aromatic carbocycles. The molecule has 2 aliphatic heterocycles. The molecule has 0 N–H and O–H groups in total. The van der Waals surface area contributed by atoms with Crippen LogP contribution in [0.15, 0.2) is 35.8 Å². The summed E-state index contributed by atoms with van der Waals surface area (Å²) in [6.07, 6.45) is 1.92. The van der Waals surface area contributed by atoms with Crippen molar-refractivity contribution < 1.29 is 14.0 Å². The van der Waals surface area contributed by atoms with Crippen LogP contribution in [0.5, 0.6) is 0 Å². The van der Waals surface area contributed by atoms with Crippen LogP contribution in [0.4, 0.5) is 15.2 Å². The Morgan fingerprint density at radius 1 is 1.19 bits per heavy atom. The number of aromatic nitrogens is 1. The Hall–Kier alpha value is -2.48. The lowest BCUT2D eigenvalue weighted by atomic mass is 10.1. The number of amides is 2. The number of thiazole rings is 1. The summed E-state index contributed by atoms with van der Waals surface area (Å²) in [5, 5.41) is 2.91. The molecule has 2 amide bonds. The average molecular weight is 374 g/mol. The Morgan fingerprint density at radius 2 is 1.96 bits per heavy atom. The zero-order valence-corrected chi connectivity index (χ0v) is 15.0. The predicted molar refractivity (Wildman–Crippen MR) is 97.8 cm³/mol. The van der Waals surface area contributed by atoms with Gasteiger partial charge in [0.1, 0.15) is 5.82 Å². The van der Waals surface area contributed by atoms with Crippen molar-refractivity contribution in [2.24, 2.45) is 5.92 Å². The van der Waals surface area contributed by atoms with Crippen molar-refractivity contribution in [2.45, 2.75) is 6.42 Å². The Bertz CT molecular complexity index is 805. The molecular weight excluding hydrogens is 355 g/mol. The summed E-state index contributed by atoms with van der Waals surface area (Å²) < 4.78 is 14.0. The number of nitrogens with zero attached hydrogens (tertiary/aromatic N) is 4. The van der Waals surface area contributed by atoms with Crippen molar-refractivity contribution in [3.63, 3.8) is 0 Å². The van der Waals surface area contributed by atoms with Gasteiger partial charge in [-0.05, 0) is 12.1 Å². The molecular formula is C18H19FN4O2S. The van der Waals surface area contributed by atoms with E-state index in [0.717, 1.165) is 18.2 Å². The molecule has 0 spiro atoms. The van der Waals surface area contributed by atoms with Gasteiger partial charge in [-0.1, -0.05) is 12.1 Å². The molecule has 26 heavy (non-hydrogen) atoms. The summed E-state index contributed by atoms with van der Waals surface area (Å²) >= 11 is 1.59. The number of hydrogen-bond donors (Lipinski definition) is 0. The molecule has 1 aromatic heterocycles. The van der Waals surface area contributed by atoms with E-state index in [1.54, 1.807) is 35.7 Å². The van der Waals surface area contributed by atoms with Crippen molar-refractivity contribution in [3.05, 3.63) is 41.7 Å². The summed E-state index contributed by atoms with van der Waals surface area (Å²) in [6.45, 7) is 2.94. The molecule has 2 saturated heterocycles. The van der Waals surface area contributed by atoms with Crippen molar-refractivity contribution in [1.29, 1.82) is 0 Å². The Morgan fingerprint density at radius 3 is 2.65 bits per heavy atom. The highest BCUT2D eigenvalue weighted by Crippen LogP contribution is 2.29. The van der Waals surface area contributed by atoms with E-state index in [9.17, 15) is 14.0 Å². The van der Waals surface area contributed by atoms with Gasteiger partial charge in [-0.3, -0.25) is 9.59 Å². The lowest BCUT2D eigenvalue weighted by Gasteiger charge is -2.35. The number of anilines is 2. The van der Waals surface area contributed by atoms with Crippen molar-refractivity contribution >= 4 is 34.0 Å². The second kappa shape index (κ2) is 7.03. The van der Waals surface area contributed by atoms with Gasteiger partial charge in [-0.15, -0.1) is 11.3 Å². The maximum atomic E-state index is 14.0. The van der Waals surface area contributed by atoms with E-state index >= 15 is 0 Å². The van der Waals surface area contributed by atoms with Crippen molar-refractivity contribution in [1.82, 2.24) is 9.88 Å². The van der Waals surface area contributed by atoms with Crippen molar-refractivity contribution in [3.8, 4) is 0 Å². The molecule has 2 aliphatic rings. The molecule has 2 fully saturated rings. The number of benzene rings is 1. The van der Waals surface area contributed by atoms with Gasteiger partial charge >= 0.3 is 0 Å². The number of rotatable bonds is 3. The monoisotopic (exact) mass is 374 g/mol. The minimum absolute atomic E-state index is 0.0176. The molecule has 8 heteroatoms. The molecule has 1 atom stereocenters. The molecule has 0 saturated carbocycles. The van der Waals surface area contributed by atoms with E-state index in [1.807, 2.05) is 10.3 Å². The predicted octanol–water partition coefficient (Wildman–Crippen LogP) is 1.98. The van der Waals surface area contributed by atoms with Crippen LogP contribution in [-0.2, 0) is 9.59 Å². The Labute approximate surface area is 154 Å². The van der Waals surface area contributed by atoms with Gasteiger partial charge in [0.25, 0.3) is 0 Å². The van der Waals surface area contributed by atoms with E-state index in [1.165, 1.54) is 11.0 Å². The number of carbonyl (C=O) groups is 2. The normalized spacial score (nSPS) is 20.7. The summed E-state index contributed by atoms with van der Waals surface area (Å²) in [5.41, 5.74) is 0.251. The molecule has 0 radical (unpaired) electrons. The summed E-state index contributed by atoms with van der Waals surface area (Å²) in [5.74, 6) is -1.06. The molecule has 4 rings (SSSR count). The van der Waals surface area contributed by atoms with Crippen LogP contribution in [0.1, 0.15) is 6.42 Å². The third-order valence-corrected chi connectivity index (χ3v) is 5.73. The van der Waals surface area contributed by atoms with Gasteiger partial charge < -0.3 is 14.7 Å². The highest BCUT2D eigenvalue weighted by Gasteiger charge is 2.38. The van der Waals surface area contributed by atoms with Gasteiger partial charge in [-0.2, -0.15) is 0 Å². The first-order valence-corrected chi connectivity index (χ1v) is 9.49. The molecule has 0 aliphatic carbocycles. The Kier molecular flexibility index (Phi) is 4.58. The minimum Gasteiger partial charge on any atom is -0.345 e. The summed E-state index contributed by atoms with van der Waals surface area (Å²) in [7, 11) is 0. The van der Waals surface area contributed by atoms with E-state index in [0.29, 0.717) is 13.1 Å². The second-order valence-corrected chi connectivity index (χ2v) is 7.36. The molecule has 2 aromatic rings. The van der Waals surface area contributed by atoms with E-state index < -0.39 is 11.7 Å². The highest BCUT2D eigenvalue weighted by molar-refractivity contribution is 7.13. The molecule has 3 heterocycles. The van der Waals surface area contributed by atoms with Gasteiger partial charge in [0.15, 0.2) is 5.13 Å². The third kappa shape index (κ3) is 3.16. The molecule has 0 bridgehead atoms. The van der Waals surface area contributed by atoms with Gasteiger partial charge in [0.05, 0.1) is 11.6 Å². The summed E-state index contributed by atoms with van der Waals surface area (Å²) in [4.78, 5) is 34.8. The average Bonchev–Trinajstić information content (AvgIpc) is 3.32. The van der Waals surface area contributed by atoms with Crippen LogP contribution in [0.25, 0.3) is 0 Å². The number of hydrogen-bond acceptors (Lipinski definition) is 5. The maximum Gasteiger partial charge on any atom is 0.228 e. The van der Waals surface area contributed by atoms with Gasteiger partial charge in [-0.25, -0.2) is 9.37 Å². The number of para-hydroxylation sites is 1. The van der Waals surface area contributed by atoms with Crippen LogP contribution < -0.4 is 9.80 Å². The van der Waals surface area contributed by atoms with E-state index in [2.05, 4.69) is 9.88 Å². The molecule has 136 valence electrons. The minimum atomic E-state index is -0.439. The van der Waals surface area contributed by atoms with Crippen LogP contribution >= 0.6 is 11.3 Å². The quantitative estimate of drug-likeness (QED) is 0.824. The van der Waals surface area contributed by atoms with Crippen LogP contribution in [0.2, 0.25) is 0 Å². The molecule has 6 nitrogen and oxygen atoms in total. The number of carbonyl (C=O) groups excluding carboxylic acids is 2. The lowest BCUT2D eigenvalue weighted by molar-refractivity contribution is -0.136. The summed E-state index contributed by atoms with van der Waals surface area (Å²) in [6, 6.07) is 6.19. The largest absolute Gasteiger partial charge is 0.345 e. The van der Waals surface area contributed by atoms with Gasteiger partial charge in [0, 0.05) is 50.7 Å². The lowest BCUT2D eigenvalue weighted by Crippen LogP contribution is -2.50. The maximum absolute atomic E-state index is 14.0. The number of piperazine rings is 1. The standard InChI is InChI=1S/C18H19FN4O2S/c19-14-3-1-2-4-15(14)23-12-13(11-16(23)24)17(25)21-6-8-22(9-7-21)18-20-5-10-26-18/h1-5,10,13H,6-9,11-12H2. The van der Waals surface area contributed by atoms with E-state index in [4.69, 9.17) is 0 Å². The fourth-order valence-electron chi connectivity index (χ4n) is 3.52. The zero-order chi connectivity index (χ0) is 18.1. The first-order valence-electron chi connectivity index (χ1n) is 8.61. The number of halogens is 1. The van der Waals surface area contributed by atoms with Gasteiger partial charge in [0.2, 0.25) is 11.8 Å². The fourth-order valence-corrected chi connectivity index (χ4v) is 4.22. The topological polar surface area (TPSA) is 56.8 Å². The van der Waals surface area contributed by atoms with Crippen LogP contribution in [0.3, 0.4) is 0 Å². The smallest absolute Gasteiger partial charge is 0.228 e. The fraction of sp³-hybridized carbons (Fsp3) is 0.389. The third-order valence-electron chi connectivity index (χ3n) is 4.90. The molecule has 1 unspecified atom stereocenters.